The predicted octanol–water partition coefficient (Wildman–Crippen LogP) is 2.96. The van der Waals surface area contributed by atoms with Gasteiger partial charge in [-0.25, -0.2) is 4.98 Å². The number of rotatable bonds is 6. The monoisotopic (exact) mass is 397 g/mol. The summed E-state index contributed by atoms with van der Waals surface area (Å²) < 4.78 is 1.86. The number of nitrogens with one attached hydrogen (secondary N) is 3. The van der Waals surface area contributed by atoms with Crippen LogP contribution in [0.3, 0.4) is 0 Å². The number of benzene rings is 1. The molecule has 0 saturated carbocycles. The van der Waals surface area contributed by atoms with Gasteiger partial charge in [0.15, 0.2) is 11.5 Å². The fourth-order valence-electron chi connectivity index (χ4n) is 3.36. The number of aromatic nitrogens is 2. The van der Waals surface area contributed by atoms with E-state index < -0.39 is 0 Å². The third kappa shape index (κ3) is 4.82. The molecule has 3 N–H and O–H groups in total. The Kier molecular flexibility index (Phi) is 6.31. The molecule has 3 amide bonds. The molecular weight excluding hydrogens is 370 g/mol. The van der Waals surface area contributed by atoms with Gasteiger partial charge in [-0.2, -0.15) is 0 Å². The van der Waals surface area contributed by atoms with Crippen LogP contribution in [0.2, 0.25) is 0 Å². The SMILES string of the molecule is CCC(C)NC(=O)c1nc(C(=O)Nc2cccc(NC(C)=O)c2)c2n1CCCC2. The molecule has 1 aromatic heterocycles. The first-order valence-electron chi connectivity index (χ1n) is 9.98. The summed E-state index contributed by atoms with van der Waals surface area (Å²) in [4.78, 5) is 41.2. The number of fused-ring (bicyclic) bond motifs is 1. The largest absolute Gasteiger partial charge is 0.347 e. The van der Waals surface area contributed by atoms with Gasteiger partial charge in [0.1, 0.15) is 0 Å². The number of carbonyl (C=O) groups is 3. The first kappa shape index (κ1) is 20.6. The van der Waals surface area contributed by atoms with Gasteiger partial charge in [-0.3, -0.25) is 14.4 Å². The third-order valence-electron chi connectivity index (χ3n) is 4.97. The number of hydrogen-bond donors (Lipinski definition) is 3. The van der Waals surface area contributed by atoms with Crippen molar-refractivity contribution >= 4 is 29.1 Å². The van der Waals surface area contributed by atoms with Gasteiger partial charge in [0.25, 0.3) is 11.8 Å². The lowest BCUT2D eigenvalue weighted by Gasteiger charge is -2.18. The smallest absolute Gasteiger partial charge is 0.287 e. The van der Waals surface area contributed by atoms with Crippen molar-refractivity contribution < 1.29 is 14.4 Å². The molecule has 2 heterocycles. The molecule has 1 aliphatic rings. The summed E-state index contributed by atoms with van der Waals surface area (Å²) in [6.07, 6.45) is 3.43. The molecule has 154 valence electrons. The van der Waals surface area contributed by atoms with Crippen molar-refractivity contribution in [2.75, 3.05) is 10.6 Å². The van der Waals surface area contributed by atoms with Gasteiger partial charge in [0.2, 0.25) is 5.91 Å². The molecule has 8 heteroatoms. The van der Waals surface area contributed by atoms with Crippen molar-refractivity contribution in [2.24, 2.45) is 0 Å². The van der Waals surface area contributed by atoms with Crippen molar-refractivity contribution in [3.8, 4) is 0 Å². The number of nitrogens with zero attached hydrogens (tertiary/aromatic N) is 2. The average Bonchev–Trinajstić information content (AvgIpc) is 3.07. The summed E-state index contributed by atoms with van der Waals surface area (Å²) in [6.45, 7) is 6.04. The van der Waals surface area contributed by atoms with E-state index in [0.29, 0.717) is 24.3 Å². The van der Waals surface area contributed by atoms with E-state index in [-0.39, 0.29) is 35.3 Å². The summed E-state index contributed by atoms with van der Waals surface area (Å²) in [5.74, 6) is -0.516. The van der Waals surface area contributed by atoms with E-state index in [1.54, 1.807) is 24.3 Å². The Morgan fingerprint density at radius 1 is 1.14 bits per heavy atom. The zero-order chi connectivity index (χ0) is 21.0. The van der Waals surface area contributed by atoms with Crippen molar-refractivity contribution in [3.05, 3.63) is 41.5 Å². The van der Waals surface area contributed by atoms with Crippen LogP contribution in [0.4, 0.5) is 11.4 Å². The fraction of sp³-hybridized carbons (Fsp3) is 0.429. The number of imidazole rings is 1. The molecule has 1 aliphatic heterocycles. The highest BCUT2D eigenvalue weighted by Crippen LogP contribution is 2.23. The number of amides is 3. The Morgan fingerprint density at radius 2 is 1.86 bits per heavy atom. The van der Waals surface area contributed by atoms with Crippen LogP contribution in [0.1, 0.15) is 66.8 Å². The summed E-state index contributed by atoms with van der Waals surface area (Å²) in [7, 11) is 0. The van der Waals surface area contributed by atoms with E-state index in [4.69, 9.17) is 0 Å². The lowest BCUT2D eigenvalue weighted by molar-refractivity contribution is -0.114. The van der Waals surface area contributed by atoms with Crippen molar-refractivity contribution in [2.45, 2.75) is 59.0 Å². The highest BCUT2D eigenvalue weighted by molar-refractivity contribution is 6.05. The van der Waals surface area contributed by atoms with Gasteiger partial charge < -0.3 is 20.5 Å². The molecule has 0 bridgehead atoms. The lowest BCUT2D eigenvalue weighted by atomic mass is 10.1. The molecule has 8 nitrogen and oxygen atoms in total. The Hall–Kier alpha value is -3.16. The predicted molar refractivity (Wildman–Crippen MR) is 111 cm³/mol. The van der Waals surface area contributed by atoms with Crippen molar-refractivity contribution in [3.63, 3.8) is 0 Å². The zero-order valence-electron chi connectivity index (χ0n) is 17.0. The summed E-state index contributed by atoms with van der Waals surface area (Å²) in [6, 6.07) is 6.94. The molecule has 2 aromatic rings. The van der Waals surface area contributed by atoms with Crippen LogP contribution in [0, 0.1) is 0 Å². The third-order valence-corrected chi connectivity index (χ3v) is 4.97. The fourth-order valence-corrected chi connectivity index (χ4v) is 3.36. The second kappa shape index (κ2) is 8.89. The van der Waals surface area contributed by atoms with E-state index >= 15 is 0 Å². The van der Waals surface area contributed by atoms with E-state index in [0.717, 1.165) is 25.0 Å². The minimum Gasteiger partial charge on any atom is -0.347 e. The number of carbonyl (C=O) groups excluding carboxylic acids is 3. The highest BCUT2D eigenvalue weighted by Gasteiger charge is 2.28. The zero-order valence-corrected chi connectivity index (χ0v) is 17.0. The topological polar surface area (TPSA) is 105 Å². The maximum Gasteiger partial charge on any atom is 0.287 e. The summed E-state index contributed by atoms with van der Waals surface area (Å²) in [5.41, 5.74) is 2.21. The molecule has 0 radical (unpaired) electrons. The standard InChI is InChI=1S/C21H27N5O3/c1-4-13(2)22-21(29)19-25-18(17-10-5-6-11-26(17)19)20(28)24-16-9-7-8-15(12-16)23-14(3)27/h7-9,12-13H,4-6,10-11H2,1-3H3,(H,22,29)(H,23,27)(H,24,28). The Morgan fingerprint density at radius 3 is 2.55 bits per heavy atom. The molecule has 0 aliphatic carbocycles. The molecule has 0 fully saturated rings. The average molecular weight is 397 g/mol. The summed E-state index contributed by atoms with van der Waals surface area (Å²) >= 11 is 0. The first-order valence-corrected chi connectivity index (χ1v) is 9.98. The molecule has 0 spiro atoms. The maximum absolute atomic E-state index is 12.9. The highest BCUT2D eigenvalue weighted by atomic mass is 16.2. The Labute approximate surface area is 170 Å². The van der Waals surface area contributed by atoms with Crippen molar-refractivity contribution in [1.29, 1.82) is 0 Å². The van der Waals surface area contributed by atoms with Gasteiger partial charge in [-0.05, 0) is 50.8 Å². The molecule has 1 aromatic carbocycles. The molecule has 29 heavy (non-hydrogen) atoms. The minimum absolute atomic E-state index is 0.0350. The van der Waals surface area contributed by atoms with Crippen LogP contribution in [0.25, 0.3) is 0 Å². The van der Waals surface area contributed by atoms with E-state index in [9.17, 15) is 14.4 Å². The first-order chi connectivity index (χ1) is 13.9. The number of anilines is 2. The molecule has 1 unspecified atom stereocenters. The lowest BCUT2D eigenvalue weighted by Crippen LogP contribution is -2.34. The maximum atomic E-state index is 12.9. The van der Waals surface area contributed by atoms with E-state index in [1.807, 2.05) is 18.4 Å². The van der Waals surface area contributed by atoms with Gasteiger partial charge in [0, 0.05) is 30.9 Å². The Balaban J connectivity index is 1.85. The molecular formula is C21H27N5O3. The normalized spacial score (nSPS) is 13.9. The van der Waals surface area contributed by atoms with Crippen LogP contribution in [-0.4, -0.2) is 33.3 Å². The second-order valence-corrected chi connectivity index (χ2v) is 7.34. The van der Waals surface area contributed by atoms with Crippen LogP contribution in [0.15, 0.2) is 24.3 Å². The van der Waals surface area contributed by atoms with Crippen LogP contribution in [-0.2, 0) is 17.8 Å². The number of hydrogen-bond acceptors (Lipinski definition) is 4. The summed E-state index contributed by atoms with van der Waals surface area (Å²) in [5, 5.41) is 8.45. The molecule has 1 atom stereocenters. The van der Waals surface area contributed by atoms with Gasteiger partial charge >= 0.3 is 0 Å². The van der Waals surface area contributed by atoms with Crippen molar-refractivity contribution in [1.82, 2.24) is 14.9 Å². The quantitative estimate of drug-likeness (QED) is 0.697. The van der Waals surface area contributed by atoms with Gasteiger partial charge in [0.05, 0.1) is 5.69 Å². The van der Waals surface area contributed by atoms with E-state index in [2.05, 4.69) is 20.9 Å². The van der Waals surface area contributed by atoms with Crippen LogP contribution >= 0.6 is 0 Å². The van der Waals surface area contributed by atoms with Crippen LogP contribution in [0.5, 0.6) is 0 Å². The molecule has 0 saturated heterocycles. The van der Waals surface area contributed by atoms with Gasteiger partial charge in [-0.15, -0.1) is 0 Å². The molecule has 3 rings (SSSR count). The van der Waals surface area contributed by atoms with E-state index in [1.165, 1.54) is 6.92 Å². The van der Waals surface area contributed by atoms with Gasteiger partial charge in [-0.1, -0.05) is 13.0 Å². The Bertz CT molecular complexity index is 934. The minimum atomic E-state index is -0.363. The van der Waals surface area contributed by atoms with Crippen LogP contribution < -0.4 is 16.0 Å². The second-order valence-electron chi connectivity index (χ2n) is 7.34.